The predicted octanol–water partition coefficient (Wildman–Crippen LogP) is 3.20. The maximum atomic E-state index is 5.27. The monoisotopic (exact) mass is 253 g/mol. The molecule has 0 spiro atoms. The zero-order valence-electron chi connectivity index (χ0n) is 11.0. The SMILES string of the molecule is CCc1ccc2nc(-c3cccnc3OC)[nH]c2c1. The van der Waals surface area contributed by atoms with E-state index >= 15 is 0 Å². The fourth-order valence-corrected chi connectivity index (χ4v) is 2.14. The normalized spacial score (nSPS) is 10.8. The minimum atomic E-state index is 0.581. The number of aromatic nitrogens is 3. The van der Waals surface area contributed by atoms with E-state index in [0.717, 1.165) is 28.8 Å². The zero-order chi connectivity index (χ0) is 13.2. The zero-order valence-corrected chi connectivity index (χ0v) is 11.0. The van der Waals surface area contributed by atoms with E-state index in [0.29, 0.717) is 5.88 Å². The molecule has 2 aromatic heterocycles. The molecule has 0 aliphatic heterocycles. The van der Waals surface area contributed by atoms with Crippen molar-refractivity contribution in [3.05, 3.63) is 42.1 Å². The molecule has 96 valence electrons. The molecule has 3 rings (SSSR count). The maximum absolute atomic E-state index is 5.27. The van der Waals surface area contributed by atoms with Crippen molar-refractivity contribution in [2.24, 2.45) is 0 Å². The van der Waals surface area contributed by atoms with Gasteiger partial charge in [0.1, 0.15) is 5.82 Å². The van der Waals surface area contributed by atoms with Crippen LogP contribution in [-0.2, 0) is 6.42 Å². The number of H-pyrrole nitrogens is 1. The Morgan fingerprint density at radius 3 is 2.95 bits per heavy atom. The van der Waals surface area contributed by atoms with Gasteiger partial charge in [0, 0.05) is 6.20 Å². The van der Waals surface area contributed by atoms with Crippen LogP contribution in [0.2, 0.25) is 0 Å². The molecular formula is C15H15N3O. The number of ether oxygens (including phenoxy) is 1. The van der Waals surface area contributed by atoms with E-state index in [2.05, 4.69) is 34.0 Å². The van der Waals surface area contributed by atoms with Gasteiger partial charge >= 0.3 is 0 Å². The Labute approximate surface area is 111 Å². The molecule has 4 heteroatoms. The van der Waals surface area contributed by atoms with Crippen LogP contribution in [-0.4, -0.2) is 22.1 Å². The standard InChI is InChI=1S/C15H15N3O/c1-3-10-6-7-12-13(9-10)18-14(17-12)11-5-4-8-16-15(11)19-2/h4-9H,3H2,1-2H3,(H,17,18). The number of fused-ring (bicyclic) bond motifs is 1. The van der Waals surface area contributed by atoms with Crippen LogP contribution in [0.1, 0.15) is 12.5 Å². The molecule has 2 heterocycles. The van der Waals surface area contributed by atoms with E-state index in [-0.39, 0.29) is 0 Å². The summed E-state index contributed by atoms with van der Waals surface area (Å²) in [7, 11) is 1.61. The van der Waals surface area contributed by atoms with Gasteiger partial charge in [-0.2, -0.15) is 0 Å². The summed E-state index contributed by atoms with van der Waals surface area (Å²) in [4.78, 5) is 12.1. The van der Waals surface area contributed by atoms with E-state index < -0.39 is 0 Å². The van der Waals surface area contributed by atoms with Gasteiger partial charge in [0.25, 0.3) is 0 Å². The topological polar surface area (TPSA) is 50.8 Å². The summed E-state index contributed by atoms with van der Waals surface area (Å²) >= 11 is 0. The summed E-state index contributed by atoms with van der Waals surface area (Å²) in [5.41, 5.74) is 4.17. The van der Waals surface area contributed by atoms with E-state index in [4.69, 9.17) is 4.74 Å². The Bertz CT molecular complexity index is 718. The van der Waals surface area contributed by atoms with Gasteiger partial charge < -0.3 is 9.72 Å². The quantitative estimate of drug-likeness (QED) is 0.779. The summed E-state index contributed by atoms with van der Waals surface area (Å²) in [6.07, 6.45) is 2.72. The molecule has 0 unspecified atom stereocenters. The van der Waals surface area contributed by atoms with Crippen LogP contribution < -0.4 is 4.74 Å². The molecule has 0 amide bonds. The minimum absolute atomic E-state index is 0.581. The number of pyridine rings is 1. The van der Waals surface area contributed by atoms with E-state index in [1.807, 2.05) is 18.2 Å². The van der Waals surface area contributed by atoms with Crippen molar-refractivity contribution in [2.75, 3.05) is 7.11 Å². The Balaban J connectivity index is 2.15. The third kappa shape index (κ3) is 2.05. The van der Waals surface area contributed by atoms with Crippen LogP contribution in [0, 0.1) is 0 Å². The molecule has 1 N–H and O–H groups in total. The fraction of sp³-hybridized carbons (Fsp3) is 0.200. The highest BCUT2D eigenvalue weighted by molar-refractivity contribution is 5.80. The predicted molar refractivity (Wildman–Crippen MR) is 75.3 cm³/mol. The molecule has 0 aliphatic rings. The number of imidazole rings is 1. The van der Waals surface area contributed by atoms with Crippen LogP contribution in [0.4, 0.5) is 0 Å². The Morgan fingerprint density at radius 2 is 2.16 bits per heavy atom. The number of rotatable bonds is 3. The molecule has 0 atom stereocenters. The number of methoxy groups -OCH3 is 1. The van der Waals surface area contributed by atoms with Gasteiger partial charge in [0.2, 0.25) is 5.88 Å². The highest BCUT2D eigenvalue weighted by Gasteiger charge is 2.11. The lowest BCUT2D eigenvalue weighted by molar-refractivity contribution is 0.399. The highest BCUT2D eigenvalue weighted by atomic mass is 16.5. The lowest BCUT2D eigenvalue weighted by Gasteiger charge is -2.03. The number of benzene rings is 1. The lowest BCUT2D eigenvalue weighted by Crippen LogP contribution is -1.91. The number of nitrogens with one attached hydrogen (secondary N) is 1. The van der Waals surface area contributed by atoms with Crippen molar-refractivity contribution in [3.63, 3.8) is 0 Å². The third-order valence-corrected chi connectivity index (χ3v) is 3.17. The molecule has 4 nitrogen and oxygen atoms in total. The van der Waals surface area contributed by atoms with Crippen molar-refractivity contribution < 1.29 is 4.74 Å². The van der Waals surface area contributed by atoms with Crippen LogP contribution >= 0.6 is 0 Å². The second kappa shape index (κ2) is 4.72. The van der Waals surface area contributed by atoms with Crippen LogP contribution in [0.3, 0.4) is 0 Å². The Morgan fingerprint density at radius 1 is 1.26 bits per heavy atom. The average molecular weight is 253 g/mol. The number of aryl methyl sites for hydroxylation is 1. The summed E-state index contributed by atoms with van der Waals surface area (Å²) in [5, 5.41) is 0. The minimum Gasteiger partial charge on any atom is -0.480 e. The van der Waals surface area contributed by atoms with Crippen molar-refractivity contribution >= 4 is 11.0 Å². The maximum Gasteiger partial charge on any atom is 0.224 e. The number of aromatic amines is 1. The van der Waals surface area contributed by atoms with Gasteiger partial charge in [-0.1, -0.05) is 13.0 Å². The first-order valence-corrected chi connectivity index (χ1v) is 6.30. The molecule has 19 heavy (non-hydrogen) atoms. The molecule has 3 aromatic rings. The average Bonchev–Trinajstić information content (AvgIpc) is 2.89. The second-order valence-corrected chi connectivity index (χ2v) is 4.35. The third-order valence-electron chi connectivity index (χ3n) is 3.17. The summed E-state index contributed by atoms with van der Waals surface area (Å²) in [6.45, 7) is 2.14. The molecular weight excluding hydrogens is 238 g/mol. The number of nitrogens with zero attached hydrogens (tertiary/aromatic N) is 2. The van der Waals surface area contributed by atoms with Crippen LogP contribution in [0.15, 0.2) is 36.5 Å². The Hall–Kier alpha value is -2.36. The first-order chi connectivity index (χ1) is 9.31. The first-order valence-electron chi connectivity index (χ1n) is 6.30. The molecule has 1 aromatic carbocycles. The number of hydrogen-bond acceptors (Lipinski definition) is 3. The van der Waals surface area contributed by atoms with Gasteiger partial charge in [-0.3, -0.25) is 0 Å². The van der Waals surface area contributed by atoms with Crippen LogP contribution in [0.5, 0.6) is 5.88 Å². The molecule has 0 saturated heterocycles. The second-order valence-electron chi connectivity index (χ2n) is 4.35. The van der Waals surface area contributed by atoms with E-state index in [1.165, 1.54) is 5.56 Å². The van der Waals surface area contributed by atoms with E-state index in [1.54, 1.807) is 13.3 Å². The van der Waals surface area contributed by atoms with Crippen molar-refractivity contribution in [2.45, 2.75) is 13.3 Å². The van der Waals surface area contributed by atoms with Crippen molar-refractivity contribution in [1.82, 2.24) is 15.0 Å². The lowest BCUT2D eigenvalue weighted by atomic mass is 10.1. The molecule has 0 aliphatic carbocycles. The summed E-state index contributed by atoms with van der Waals surface area (Å²) in [5.74, 6) is 1.37. The van der Waals surface area contributed by atoms with Gasteiger partial charge in [-0.25, -0.2) is 9.97 Å². The van der Waals surface area contributed by atoms with Crippen LogP contribution in [0.25, 0.3) is 22.4 Å². The van der Waals surface area contributed by atoms with Gasteiger partial charge in [0.05, 0.1) is 23.7 Å². The molecule has 0 saturated carbocycles. The highest BCUT2D eigenvalue weighted by Crippen LogP contribution is 2.27. The number of hydrogen-bond donors (Lipinski definition) is 1. The molecule has 0 radical (unpaired) electrons. The van der Waals surface area contributed by atoms with Crippen molar-refractivity contribution in [3.8, 4) is 17.3 Å². The largest absolute Gasteiger partial charge is 0.480 e. The van der Waals surface area contributed by atoms with Gasteiger partial charge in [-0.15, -0.1) is 0 Å². The van der Waals surface area contributed by atoms with Gasteiger partial charge in [-0.05, 0) is 36.2 Å². The summed E-state index contributed by atoms with van der Waals surface area (Å²) < 4.78 is 5.27. The van der Waals surface area contributed by atoms with Crippen molar-refractivity contribution in [1.29, 1.82) is 0 Å². The molecule has 0 fully saturated rings. The van der Waals surface area contributed by atoms with Gasteiger partial charge in [0.15, 0.2) is 0 Å². The fourth-order valence-electron chi connectivity index (χ4n) is 2.14. The smallest absolute Gasteiger partial charge is 0.224 e. The first kappa shape index (κ1) is 11.7. The Kier molecular flexibility index (Phi) is 2.91. The summed E-state index contributed by atoms with van der Waals surface area (Å²) in [6, 6.07) is 10.1. The van der Waals surface area contributed by atoms with E-state index in [9.17, 15) is 0 Å². The molecule has 0 bridgehead atoms.